The number of benzene rings is 3. The molecule has 162 valence electrons. The number of halogens is 2. The highest BCUT2D eigenvalue weighted by Gasteiger charge is 2.44. The number of nitrogens with zero attached hydrogens (tertiary/aromatic N) is 2. The monoisotopic (exact) mass is 466 g/mol. The maximum atomic E-state index is 13.4. The highest BCUT2D eigenvalue weighted by atomic mass is 35.5. The summed E-state index contributed by atoms with van der Waals surface area (Å²) in [7, 11) is 0. The molecule has 1 heterocycles. The molecule has 1 aliphatic heterocycles. The third kappa shape index (κ3) is 4.69. The fraction of sp³-hybridized carbons (Fsp3) is 0.160. The van der Waals surface area contributed by atoms with E-state index in [1.807, 2.05) is 12.1 Å². The van der Waals surface area contributed by atoms with Gasteiger partial charge >= 0.3 is 0 Å². The van der Waals surface area contributed by atoms with Crippen molar-refractivity contribution in [3.05, 3.63) is 100 Å². The first-order chi connectivity index (χ1) is 15.4. The lowest BCUT2D eigenvalue weighted by molar-refractivity contribution is -0.138. The predicted molar refractivity (Wildman–Crippen MR) is 124 cm³/mol. The fourth-order valence-electron chi connectivity index (χ4n) is 3.77. The molecule has 3 aromatic carbocycles. The molecule has 0 saturated carbocycles. The number of para-hydroxylation sites is 1. The number of imide groups is 1. The lowest BCUT2D eigenvalue weighted by atomic mass is 10.1. The second kappa shape index (κ2) is 9.55. The van der Waals surface area contributed by atoms with Crippen LogP contribution in [0.2, 0.25) is 10.0 Å². The largest absolute Gasteiger partial charge is 0.325 e. The van der Waals surface area contributed by atoms with E-state index in [2.05, 4.69) is 0 Å². The van der Waals surface area contributed by atoms with Crippen LogP contribution in [0.4, 0.5) is 5.69 Å². The third-order valence-corrected chi connectivity index (χ3v) is 6.02. The summed E-state index contributed by atoms with van der Waals surface area (Å²) in [6.45, 7) is 0.123. The van der Waals surface area contributed by atoms with Crippen molar-refractivity contribution >= 4 is 46.6 Å². The van der Waals surface area contributed by atoms with E-state index in [1.165, 1.54) is 4.90 Å². The molecule has 1 saturated heterocycles. The van der Waals surface area contributed by atoms with Crippen LogP contribution in [0.15, 0.2) is 78.9 Å². The Bertz CT molecular complexity index is 1150. The molecule has 0 aliphatic carbocycles. The Morgan fingerprint density at radius 2 is 1.56 bits per heavy atom. The maximum Gasteiger partial charge on any atom is 0.257 e. The van der Waals surface area contributed by atoms with Gasteiger partial charge in [0.2, 0.25) is 11.8 Å². The van der Waals surface area contributed by atoms with Gasteiger partial charge in [-0.05, 0) is 41.5 Å². The topological polar surface area (TPSA) is 57.7 Å². The number of rotatable bonds is 6. The zero-order valence-corrected chi connectivity index (χ0v) is 18.6. The van der Waals surface area contributed by atoms with Crippen LogP contribution in [0.25, 0.3) is 0 Å². The summed E-state index contributed by atoms with van der Waals surface area (Å²) in [5.74, 6) is -1.03. The lowest BCUT2D eigenvalue weighted by Gasteiger charge is -2.28. The van der Waals surface area contributed by atoms with Gasteiger partial charge in [-0.1, -0.05) is 71.7 Å². The normalized spacial score (nSPS) is 15.8. The second-order valence-corrected chi connectivity index (χ2v) is 8.38. The molecule has 7 heteroatoms. The van der Waals surface area contributed by atoms with E-state index in [-0.39, 0.29) is 31.2 Å². The van der Waals surface area contributed by atoms with Crippen molar-refractivity contribution in [3.8, 4) is 0 Å². The average molecular weight is 467 g/mol. The molecule has 3 amide bonds. The van der Waals surface area contributed by atoms with Gasteiger partial charge in [0, 0.05) is 16.6 Å². The first-order valence-corrected chi connectivity index (χ1v) is 10.9. The van der Waals surface area contributed by atoms with Crippen molar-refractivity contribution in [3.63, 3.8) is 0 Å². The van der Waals surface area contributed by atoms with E-state index in [0.29, 0.717) is 21.3 Å². The van der Waals surface area contributed by atoms with Gasteiger partial charge in [-0.2, -0.15) is 0 Å². The Morgan fingerprint density at radius 3 is 2.25 bits per heavy atom. The highest BCUT2D eigenvalue weighted by Crippen LogP contribution is 2.28. The Kier molecular flexibility index (Phi) is 6.58. The van der Waals surface area contributed by atoms with Crippen LogP contribution in [-0.4, -0.2) is 28.7 Å². The summed E-state index contributed by atoms with van der Waals surface area (Å²) in [6, 6.07) is 22.0. The molecule has 1 atom stereocenters. The van der Waals surface area contributed by atoms with E-state index in [9.17, 15) is 14.4 Å². The minimum Gasteiger partial charge on any atom is -0.325 e. The van der Waals surface area contributed by atoms with Gasteiger partial charge in [0.05, 0.1) is 18.5 Å². The van der Waals surface area contributed by atoms with Crippen molar-refractivity contribution in [1.82, 2.24) is 4.90 Å². The number of amides is 3. The zero-order chi connectivity index (χ0) is 22.7. The van der Waals surface area contributed by atoms with Gasteiger partial charge in [0.1, 0.15) is 6.04 Å². The van der Waals surface area contributed by atoms with E-state index in [1.54, 1.807) is 66.7 Å². The Labute approximate surface area is 196 Å². The van der Waals surface area contributed by atoms with Gasteiger partial charge in [-0.25, -0.2) is 4.90 Å². The summed E-state index contributed by atoms with van der Waals surface area (Å²) >= 11 is 12.3. The number of carbonyl (C=O) groups is 3. The lowest BCUT2D eigenvalue weighted by Crippen LogP contribution is -2.45. The molecule has 0 radical (unpaired) electrons. The summed E-state index contributed by atoms with van der Waals surface area (Å²) in [6.07, 6.45) is -0.00450. The molecule has 1 unspecified atom stereocenters. The average Bonchev–Trinajstić information content (AvgIpc) is 3.08. The quantitative estimate of drug-likeness (QED) is 0.485. The molecule has 3 aromatic rings. The molecule has 0 N–H and O–H groups in total. The molecule has 32 heavy (non-hydrogen) atoms. The predicted octanol–water partition coefficient (Wildman–Crippen LogP) is 4.90. The van der Waals surface area contributed by atoms with Crippen LogP contribution >= 0.6 is 23.2 Å². The van der Waals surface area contributed by atoms with Crippen LogP contribution < -0.4 is 4.90 Å². The second-order valence-electron chi connectivity index (χ2n) is 7.54. The highest BCUT2D eigenvalue weighted by molar-refractivity contribution is 6.31. The third-order valence-electron chi connectivity index (χ3n) is 5.40. The van der Waals surface area contributed by atoms with Crippen LogP contribution in [0, 0.1) is 0 Å². The molecule has 0 spiro atoms. The van der Waals surface area contributed by atoms with Gasteiger partial charge in [0.15, 0.2) is 0 Å². The number of hydrogen-bond acceptors (Lipinski definition) is 3. The van der Waals surface area contributed by atoms with E-state index in [4.69, 9.17) is 23.2 Å². The van der Waals surface area contributed by atoms with Crippen molar-refractivity contribution in [2.24, 2.45) is 0 Å². The van der Waals surface area contributed by atoms with E-state index < -0.39 is 11.9 Å². The van der Waals surface area contributed by atoms with Crippen molar-refractivity contribution < 1.29 is 14.4 Å². The van der Waals surface area contributed by atoms with Crippen LogP contribution in [0.5, 0.6) is 0 Å². The molecular formula is C25H20Cl2N2O3. The van der Waals surface area contributed by atoms with Gasteiger partial charge in [-0.15, -0.1) is 0 Å². The first kappa shape index (κ1) is 22.1. The Morgan fingerprint density at radius 1 is 0.906 bits per heavy atom. The van der Waals surface area contributed by atoms with Crippen molar-refractivity contribution in [1.29, 1.82) is 0 Å². The van der Waals surface area contributed by atoms with Crippen molar-refractivity contribution in [2.45, 2.75) is 25.4 Å². The minimum absolute atomic E-state index is 0.0743. The van der Waals surface area contributed by atoms with Crippen LogP contribution in [-0.2, 0) is 27.3 Å². The maximum absolute atomic E-state index is 13.4. The van der Waals surface area contributed by atoms with Crippen molar-refractivity contribution in [2.75, 3.05) is 4.90 Å². The van der Waals surface area contributed by atoms with Crippen LogP contribution in [0.1, 0.15) is 17.5 Å². The molecule has 1 fully saturated rings. The molecule has 1 aliphatic rings. The SMILES string of the molecule is O=C1CC(N(Cc2ccccc2Cl)C(=O)Cc2ccc(Cl)cc2)C(=O)N1c1ccccc1. The number of carbonyl (C=O) groups excluding carboxylic acids is 3. The van der Waals surface area contributed by atoms with E-state index >= 15 is 0 Å². The van der Waals surface area contributed by atoms with Crippen LogP contribution in [0.3, 0.4) is 0 Å². The standard InChI is InChI=1S/C25H20Cl2N2O3/c26-19-12-10-17(11-13-19)14-23(30)28(16-18-6-4-5-9-21(18)27)22-15-24(31)29(25(22)32)20-7-2-1-3-8-20/h1-13,22H,14-16H2. The molecule has 0 aromatic heterocycles. The summed E-state index contributed by atoms with van der Waals surface area (Å²) in [4.78, 5) is 42.0. The fourth-order valence-corrected chi connectivity index (χ4v) is 4.09. The number of anilines is 1. The van der Waals surface area contributed by atoms with Gasteiger partial charge in [-0.3, -0.25) is 14.4 Å². The van der Waals surface area contributed by atoms with Gasteiger partial charge < -0.3 is 4.90 Å². The number of hydrogen-bond donors (Lipinski definition) is 0. The zero-order valence-electron chi connectivity index (χ0n) is 17.1. The Hall–Kier alpha value is -3.15. The minimum atomic E-state index is -0.904. The summed E-state index contributed by atoms with van der Waals surface area (Å²) < 4.78 is 0. The summed E-state index contributed by atoms with van der Waals surface area (Å²) in [5, 5.41) is 1.07. The smallest absolute Gasteiger partial charge is 0.257 e. The Balaban J connectivity index is 1.64. The molecule has 5 nitrogen and oxygen atoms in total. The molecule has 4 rings (SSSR count). The first-order valence-electron chi connectivity index (χ1n) is 10.1. The molecule has 0 bridgehead atoms. The van der Waals surface area contributed by atoms with Gasteiger partial charge in [0.25, 0.3) is 5.91 Å². The summed E-state index contributed by atoms with van der Waals surface area (Å²) in [5.41, 5.74) is 1.96. The molecular weight excluding hydrogens is 447 g/mol. The van der Waals surface area contributed by atoms with E-state index in [0.717, 1.165) is 10.5 Å².